The molecule has 0 saturated carbocycles. The molecule has 11 heteroatoms. The van der Waals surface area contributed by atoms with E-state index >= 15 is 0 Å². The minimum atomic E-state index is -1.27. The summed E-state index contributed by atoms with van der Waals surface area (Å²) in [5.41, 5.74) is 1.05. The topological polar surface area (TPSA) is 131 Å². The second kappa shape index (κ2) is 7.06. The van der Waals surface area contributed by atoms with Gasteiger partial charge in [0.05, 0.1) is 11.3 Å². The summed E-state index contributed by atoms with van der Waals surface area (Å²) in [5, 5.41) is 15.7. The lowest BCUT2D eigenvalue weighted by Gasteiger charge is -2.49. The van der Waals surface area contributed by atoms with Gasteiger partial charge in [0.15, 0.2) is 0 Å². The average molecular weight is 394 g/mol. The van der Waals surface area contributed by atoms with Crippen LogP contribution in [0.15, 0.2) is 17.5 Å². The molecule has 3 heterocycles. The number of hydrogen-bond acceptors (Lipinski definition) is 7. The van der Waals surface area contributed by atoms with Crippen LogP contribution in [0.3, 0.4) is 0 Å². The molecule has 0 aromatic carbocycles. The number of carboxylic acids is 1. The van der Waals surface area contributed by atoms with Gasteiger partial charge in [0.1, 0.15) is 23.7 Å². The molecule has 2 aliphatic rings. The molecule has 2 amide bonds. The number of carbonyl (C=O) groups excluding carboxylic acids is 3. The number of nitrogens with one attached hydrogen (secondary N) is 1. The zero-order valence-electron chi connectivity index (χ0n) is 14.9. The third kappa shape index (κ3) is 3.42. The fraction of sp³-hybridized carbons (Fsp3) is 0.438. The highest BCUT2D eigenvalue weighted by atomic mass is 32.2. The first-order chi connectivity index (χ1) is 12.7. The van der Waals surface area contributed by atoms with Crippen LogP contribution in [0.4, 0.5) is 0 Å². The lowest BCUT2D eigenvalue weighted by Crippen LogP contribution is -2.70. The van der Waals surface area contributed by atoms with Gasteiger partial charge in [0.2, 0.25) is 0 Å². The molecule has 2 atom stereocenters. The molecule has 10 nitrogen and oxygen atoms in total. The predicted octanol–water partition coefficient (Wildman–Crippen LogP) is -0.356. The normalized spacial score (nSPS) is 21.4. The van der Waals surface area contributed by atoms with Gasteiger partial charge in [-0.1, -0.05) is 0 Å². The van der Waals surface area contributed by atoms with Gasteiger partial charge in [-0.25, -0.2) is 4.79 Å². The molecule has 3 rings (SSSR count). The molecule has 1 aromatic rings. The van der Waals surface area contributed by atoms with Crippen molar-refractivity contribution in [1.82, 2.24) is 20.0 Å². The molecule has 27 heavy (non-hydrogen) atoms. The number of aliphatic carboxylic acids is 1. The molecule has 0 bridgehead atoms. The maximum absolute atomic E-state index is 12.5. The standard InChI is InChI=1S/C16H18N4O6S/c1-7-10(4-19(3)18-7)13(22)17-11-14(23)20-12(16(24)25)9(5-26-8(2)21)6-27-15(11)20/h4,11,15H,5-6H2,1-3H3,(H,17,22)(H,24,25)/t11-,15+/m1/s1. The Balaban J connectivity index is 1.77. The highest BCUT2D eigenvalue weighted by molar-refractivity contribution is 8.00. The fourth-order valence-corrected chi connectivity index (χ4v) is 4.35. The van der Waals surface area contributed by atoms with Gasteiger partial charge in [0, 0.05) is 31.5 Å². The Labute approximate surface area is 158 Å². The molecule has 1 saturated heterocycles. The van der Waals surface area contributed by atoms with Gasteiger partial charge in [0.25, 0.3) is 11.8 Å². The number of esters is 1. The first-order valence-electron chi connectivity index (χ1n) is 8.05. The second-order valence-corrected chi connectivity index (χ2v) is 7.31. The van der Waals surface area contributed by atoms with Gasteiger partial charge >= 0.3 is 11.9 Å². The van der Waals surface area contributed by atoms with Gasteiger partial charge < -0.3 is 15.2 Å². The van der Waals surface area contributed by atoms with Gasteiger partial charge in [-0.3, -0.25) is 24.0 Å². The lowest BCUT2D eigenvalue weighted by molar-refractivity contribution is -0.149. The molecule has 0 unspecified atom stereocenters. The van der Waals surface area contributed by atoms with E-state index in [1.165, 1.54) is 23.4 Å². The minimum absolute atomic E-state index is 0.187. The van der Waals surface area contributed by atoms with Crippen LogP contribution in [0.5, 0.6) is 0 Å². The highest BCUT2D eigenvalue weighted by Crippen LogP contribution is 2.40. The Bertz CT molecular complexity index is 876. The Morgan fingerprint density at radius 3 is 2.70 bits per heavy atom. The first-order valence-corrected chi connectivity index (χ1v) is 9.10. The smallest absolute Gasteiger partial charge is 0.352 e. The monoisotopic (exact) mass is 394 g/mol. The van der Waals surface area contributed by atoms with Crippen LogP contribution in [0.25, 0.3) is 0 Å². The number of fused-ring (bicyclic) bond motifs is 1. The molecule has 2 N–H and O–H groups in total. The fourth-order valence-electron chi connectivity index (χ4n) is 3.02. The number of carbonyl (C=O) groups is 4. The van der Waals surface area contributed by atoms with E-state index in [9.17, 15) is 24.3 Å². The van der Waals surface area contributed by atoms with E-state index in [4.69, 9.17) is 4.74 Å². The molecule has 1 aromatic heterocycles. The summed E-state index contributed by atoms with van der Waals surface area (Å²) in [5.74, 6) is -2.48. The largest absolute Gasteiger partial charge is 0.477 e. The van der Waals surface area contributed by atoms with E-state index in [0.717, 1.165) is 4.90 Å². The summed E-state index contributed by atoms with van der Waals surface area (Å²) in [6.45, 7) is 2.72. The molecule has 0 aliphatic carbocycles. The van der Waals surface area contributed by atoms with Gasteiger partial charge in [-0.2, -0.15) is 5.10 Å². The van der Waals surface area contributed by atoms with Crippen molar-refractivity contribution in [2.24, 2.45) is 7.05 Å². The molecule has 0 spiro atoms. The summed E-state index contributed by atoms with van der Waals surface area (Å²) < 4.78 is 6.38. The van der Waals surface area contributed by atoms with E-state index in [2.05, 4.69) is 10.4 Å². The number of amides is 2. The number of aryl methyl sites for hydroxylation is 2. The Morgan fingerprint density at radius 1 is 1.44 bits per heavy atom. The number of hydrogen-bond donors (Lipinski definition) is 2. The zero-order valence-corrected chi connectivity index (χ0v) is 15.7. The number of ether oxygens (including phenoxy) is 1. The zero-order chi connectivity index (χ0) is 19.9. The van der Waals surface area contributed by atoms with Crippen molar-refractivity contribution >= 4 is 35.5 Å². The Hall–Kier alpha value is -2.82. The average Bonchev–Trinajstić information content (AvgIpc) is 2.94. The van der Waals surface area contributed by atoms with E-state index in [1.54, 1.807) is 20.2 Å². The quantitative estimate of drug-likeness (QED) is 0.512. The number of aromatic nitrogens is 2. The van der Waals surface area contributed by atoms with Gasteiger partial charge in [-0.15, -0.1) is 11.8 Å². The summed E-state index contributed by atoms with van der Waals surface area (Å²) in [6, 6.07) is -0.827. The van der Waals surface area contributed by atoms with Crippen LogP contribution in [-0.2, 0) is 26.2 Å². The Morgan fingerprint density at radius 2 is 2.15 bits per heavy atom. The van der Waals surface area contributed by atoms with Crippen molar-refractivity contribution in [3.63, 3.8) is 0 Å². The molecule has 1 fully saturated rings. The number of thioether (sulfide) groups is 1. The molecular weight excluding hydrogens is 376 g/mol. The number of β-lactam (4-membered cyclic amide) rings is 1. The van der Waals surface area contributed by atoms with Crippen molar-refractivity contribution in [2.45, 2.75) is 25.3 Å². The summed E-state index contributed by atoms with van der Waals surface area (Å²) >= 11 is 1.31. The Kier molecular flexibility index (Phi) is 4.96. The van der Waals surface area contributed by atoms with Crippen LogP contribution in [-0.4, -0.2) is 67.3 Å². The molecule has 0 radical (unpaired) electrons. The molecule has 144 valence electrons. The van der Waals surface area contributed by atoms with Crippen LogP contribution in [0.2, 0.25) is 0 Å². The number of carboxylic acid groups (broad SMARTS) is 1. The van der Waals surface area contributed by atoms with Gasteiger partial charge in [-0.05, 0) is 6.92 Å². The van der Waals surface area contributed by atoms with E-state index in [1.807, 2.05) is 0 Å². The minimum Gasteiger partial charge on any atom is -0.477 e. The maximum atomic E-state index is 12.5. The van der Waals surface area contributed by atoms with E-state index < -0.39 is 35.2 Å². The van der Waals surface area contributed by atoms with Crippen LogP contribution in [0, 0.1) is 6.92 Å². The third-order valence-electron chi connectivity index (χ3n) is 4.24. The number of rotatable bonds is 5. The summed E-state index contributed by atoms with van der Waals surface area (Å²) in [6.07, 6.45) is 1.55. The van der Waals surface area contributed by atoms with Crippen molar-refractivity contribution in [3.05, 3.63) is 28.7 Å². The van der Waals surface area contributed by atoms with Crippen LogP contribution < -0.4 is 5.32 Å². The number of nitrogens with zero attached hydrogens (tertiary/aromatic N) is 3. The van der Waals surface area contributed by atoms with E-state index in [-0.39, 0.29) is 18.1 Å². The predicted molar refractivity (Wildman–Crippen MR) is 93.6 cm³/mol. The van der Waals surface area contributed by atoms with Crippen molar-refractivity contribution in [2.75, 3.05) is 12.4 Å². The van der Waals surface area contributed by atoms with E-state index in [0.29, 0.717) is 16.8 Å². The molecule has 2 aliphatic heterocycles. The highest BCUT2D eigenvalue weighted by Gasteiger charge is 2.54. The lowest BCUT2D eigenvalue weighted by atomic mass is 10.0. The van der Waals surface area contributed by atoms with Crippen molar-refractivity contribution < 1.29 is 29.0 Å². The van der Waals surface area contributed by atoms with Crippen LogP contribution in [0.1, 0.15) is 23.0 Å². The third-order valence-corrected chi connectivity index (χ3v) is 5.58. The summed E-state index contributed by atoms with van der Waals surface area (Å²) in [7, 11) is 1.69. The van der Waals surface area contributed by atoms with Crippen LogP contribution >= 0.6 is 11.8 Å². The summed E-state index contributed by atoms with van der Waals surface area (Å²) in [4.78, 5) is 48.7. The maximum Gasteiger partial charge on any atom is 0.352 e. The molecular formula is C16H18N4O6S. The second-order valence-electron chi connectivity index (χ2n) is 6.20. The van der Waals surface area contributed by atoms with Crippen molar-refractivity contribution in [1.29, 1.82) is 0 Å². The SMILES string of the molecule is CC(=O)OCC1=C(C(=O)O)N2C(=O)[C@@H](NC(=O)c3cn(C)nc3C)[C@@H]2SC1. The van der Waals surface area contributed by atoms with Crippen molar-refractivity contribution in [3.8, 4) is 0 Å². The first kappa shape index (κ1) is 19.0.